The summed E-state index contributed by atoms with van der Waals surface area (Å²) >= 11 is 0. The fraction of sp³-hybridized carbons (Fsp3) is 0.500. The van der Waals surface area contributed by atoms with Crippen LogP contribution in [-0.2, 0) is 11.2 Å². The van der Waals surface area contributed by atoms with Gasteiger partial charge in [-0.15, -0.1) is 0 Å². The Balaban J connectivity index is 2.04. The van der Waals surface area contributed by atoms with Crippen molar-refractivity contribution in [2.45, 2.75) is 31.7 Å². The summed E-state index contributed by atoms with van der Waals surface area (Å²) in [6.07, 6.45) is 2.01. The van der Waals surface area contributed by atoms with E-state index in [1.165, 1.54) is 0 Å². The summed E-state index contributed by atoms with van der Waals surface area (Å²) in [6.45, 7) is 2.00. The average molecular weight is 249 g/mol. The molecule has 0 aromatic heterocycles. The van der Waals surface area contributed by atoms with Gasteiger partial charge in [-0.2, -0.15) is 0 Å². The number of amides is 1. The number of methoxy groups -OCH3 is 1. The maximum atomic E-state index is 11.9. The molecule has 2 rings (SSSR count). The molecular weight excluding hydrogens is 230 g/mol. The number of carbonyl (C=O) groups excluding carboxylic acids is 1. The lowest BCUT2D eigenvalue weighted by Gasteiger charge is -2.15. The monoisotopic (exact) mass is 249 g/mol. The van der Waals surface area contributed by atoms with E-state index in [-0.39, 0.29) is 24.5 Å². The third-order valence-electron chi connectivity index (χ3n) is 3.35. The van der Waals surface area contributed by atoms with Gasteiger partial charge in [-0.25, -0.2) is 0 Å². The minimum atomic E-state index is -0.353. The molecule has 1 aromatic carbocycles. The summed E-state index contributed by atoms with van der Waals surface area (Å²) in [7, 11) is 1.60. The van der Waals surface area contributed by atoms with Crippen molar-refractivity contribution in [2.24, 2.45) is 0 Å². The van der Waals surface area contributed by atoms with Gasteiger partial charge in [-0.1, -0.05) is 17.7 Å². The van der Waals surface area contributed by atoms with E-state index in [2.05, 4.69) is 5.32 Å². The van der Waals surface area contributed by atoms with Crippen LogP contribution in [0.4, 0.5) is 0 Å². The van der Waals surface area contributed by atoms with Gasteiger partial charge in [0.25, 0.3) is 0 Å². The van der Waals surface area contributed by atoms with Gasteiger partial charge in [0.15, 0.2) is 0 Å². The second-order valence-corrected chi connectivity index (χ2v) is 4.98. The minimum absolute atomic E-state index is 0.0176. The molecule has 0 unspecified atom stereocenters. The van der Waals surface area contributed by atoms with Gasteiger partial charge in [-0.05, 0) is 25.8 Å². The van der Waals surface area contributed by atoms with E-state index >= 15 is 0 Å². The van der Waals surface area contributed by atoms with E-state index in [0.29, 0.717) is 0 Å². The topological polar surface area (TPSA) is 58.6 Å². The first-order valence-corrected chi connectivity index (χ1v) is 6.14. The molecule has 4 nitrogen and oxygen atoms in total. The molecule has 1 saturated carbocycles. The standard InChI is InChI=1S/C14H19NO3/c1-10-3-4-12(18-2)11(7-10)8-13(17)15-14(9-16)5-6-14/h3-4,7,16H,5-6,8-9H2,1-2H3,(H,15,17). The van der Waals surface area contributed by atoms with Gasteiger partial charge in [0.1, 0.15) is 5.75 Å². The van der Waals surface area contributed by atoms with Crippen LogP contribution in [0.1, 0.15) is 24.0 Å². The van der Waals surface area contributed by atoms with Crippen molar-refractivity contribution in [2.75, 3.05) is 13.7 Å². The van der Waals surface area contributed by atoms with Crippen molar-refractivity contribution < 1.29 is 14.6 Å². The van der Waals surface area contributed by atoms with E-state index in [0.717, 1.165) is 29.7 Å². The molecule has 0 spiro atoms. The molecule has 2 N–H and O–H groups in total. The highest BCUT2D eigenvalue weighted by Gasteiger charge is 2.43. The smallest absolute Gasteiger partial charge is 0.225 e. The zero-order valence-corrected chi connectivity index (χ0v) is 10.8. The highest BCUT2D eigenvalue weighted by Crippen LogP contribution is 2.34. The lowest BCUT2D eigenvalue weighted by atomic mass is 10.1. The summed E-state index contributed by atoms with van der Waals surface area (Å²) in [6, 6.07) is 5.78. The van der Waals surface area contributed by atoms with Crippen molar-refractivity contribution in [3.05, 3.63) is 29.3 Å². The number of aliphatic hydroxyl groups is 1. The molecule has 98 valence electrons. The normalized spacial score (nSPS) is 16.2. The van der Waals surface area contributed by atoms with Crippen LogP contribution in [0.2, 0.25) is 0 Å². The number of nitrogens with one attached hydrogen (secondary N) is 1. The molecule has 1 amide bonds. The maximum absolute atomic E-state index is 11.9. The third-order valence-corrected chi connectivity index (χ3v) is 3.35. The molecule has 0 heterocycles. The quantitative estimate of drug-likeness (QED) is 0.824. The number of rotatable bonds is 5. The first kappa shape index (κ1) is 12.9. The Morgan fingerprint density at radius 1 is 1.50 bits per heavy atom. The second-order valence-electron chi connectivity index (χ2n) is 4.98. The lowest BCUT2D eigenvalue weighted by Crippen LogP contribution is -2.40. The fourth-order valence-electron chi connectivity index (χ4n) is 2.03. The van der Waals surface area contributed by atoms with E-state index in [1.54, 1.807) is 7.11 Å². The third kappa shape index (κ3) is 2.82. The number of carbonyl (C=O) groups is 1. The number of aryl methyl sites for hydroxylation is 1. The van der Waals surface area contributed by atoms with Crippen LogP contribution in [0.25, 0.3) is 0 Å². The van der Waals surface area contributed by atoms with Crippen molar-refractivity contribution in [1.29, 1.82) is 0 Å². The van der Waals surface area contributed by atoms with Gasteiger partial charge in [0, 0.05) is 5.56 Å². The Bertz CT molecular complexity index is 452. The van der Waals surface area contributed by atoms with Crippen molar-refractivity contribution in [3.63, 3.8) is 0 Å². The molecule has 18 heavy (non-hydrogen) atoms. The highest BCUT2D eigenvalue weighted by atomic mass is 16.5. The van der Waals surface area contributed by atoms with Gasteiger partial charge in [0.2, 0.25) is 5.91 Å². The fourth-order valence-corrected chi connectivity index (χ4v) is 2.03. The van der Waals surface area contributed by atoms with E-state index in [4.69, 9.17) is 4.74 Å². The van der Waals surface area contributed by atoms with Crippen LogP contribution in [0, 0.1) is 6.92 Å². The summed E-state index contributed by atoms with van der Waals surface area (Å²) in [5, 5.41) is 12.1. The molecule has 1 aliphatic rings. The average Bonchev–Trinajstić information content (AvgIpc) is 3.09. The zero-order valence-electron chi connectivity index (χ0n) is 10.8. The van der Waals surface area contributed by atoms with Crippen molar-refractivity contribution in [3.8, 4) is 5.75 Å². The van der Waals surface area contributed by atoms with Crippen LogP contribution in [0.15, 0.2) is 18.2 Å². The van der Waals surface area contributed by atoms with Crippen molar-refractivity contribution in [1.82, 2.24) is 5.32 Å². The molecular formula is C14H19NO3. The van der Waals surface area contributed by atoms with Gasteiger partial charge < -0.3 is 15.2 Å². The van der Waals surface area contributed by atoms with Gasteiger partial charge >= 0.3 is 0 Å². The SMILES string of the molecule is COc1ccc(C)cc1CC(=O)NC1(CO)CC1. The predicted molar refractivity (Wildman–Crippen MR) is 68.6 cm³/mol. The number of benzene rings is 1. The number of aliphatic hydroxyl groups excluding tert-OH is 1. The first-order chi connectivity index (χ1) is 8.58. The maximum Gasteiger partial charge on any atom is 0.225 e. The Kier molecular flexibility index (Phi) is 3.57. The Hall–Kier alpha value is -1.55. The molecule has 0 radical (unpaired) electrons. The number of hydrogen-bond acceptors (Lipinski definition) is 3. The van der Waals surface area contributed by atoms with Crippen LogP contribution >= 0.6 is 0 Å². The van der Waals surface area contributed by atoms with Crippen LogP contribution in [0.5, 0.6) is 5.75 Å². The summed E-state index contributed by atoms with van der Waals surface area (Å²) in [5.41, 5.74) is 1.62. The van der Waals surface area contributed by atoms with E-state index in [9.17, 15) is 9.90 Å². The van der Waals surface area contributed by atoms with Crippen LogP contribution in [-0.4, -0.2) is 30.3 Å². The predicted octanol–water partition coefficient (Wildman–Crippen LogP) is 1.19. The molecule has 4 heteroatoms. The summed E-state index contributed by atoms with van der Waals surface area (Å²) in [4.78, 5) is 11.9. The Morgan fingerprint density at radius 2 is 2.22 bits per heavy atom. The van der Waals surface area contributed by atoms with Crippen LogP contribution < -0.4 is 10.1 Å². The van der Waals surface area contributed by atoms with E-state index in [1.807, 2.05) is 25.1 Å². The van der Waals surface area contributed by atoms with E-state index < -0.39 is 0 Å². The summed E-state index contributed by atoms with van der Waals surface area (Å²) in [5.74, 6) is 0.662. The van der Waals surface area contributed by atoms with Gasteiger partial charge in [-0.3, -0.25) is 4.79 Å². The highest BCUT2D eigenvalue weighted by molar-refractivity contribution is 5.80. The first-order valence-electron chi connectivity index (χ1n) is 6.14. The van der Waals surface area contributed by atoms with Gasteiger partial charge in [0.05, 0.1) is 25.7 Å². The Labute approximate surface area is 107 Å². The van der Waals surface area contributed by atoms with Crippen molar-refractivity contribution >= 4 is 5.91 Å². The summed E-state index contributed by atoms with van der Waals surface area (Å²) < 4.78 is 5.24. The molecule has 0 bridgehead atoms. The molecule has 1 fully saturated rings. The largest absolute Gasteiger partial charge is 0.496 e. The minimum Gasteiger partial charge on any atom is -0.496 e. The molecule has 1 aliphatic carbocycles. The second kappa shape index (κ2) is 4.98. The Morgan fingerprint density at radius 3 is 2.78 bits per heavy atom. The molecule has 1 aromatic rings. The lowest BCUT2D eigenvalue weighted by molar-refractivity contribution is -0.121. The molecule has 0 saturated heterocycles. The molecule has 0 aliphatic heterocycles. The zero-order chi connectivity index (χ0) is 13.2. The molecule has 0 atom stereocenters. The number of ether oxygens (including phenoxy) is 1. The number of hydrogen-bond donors (Lipinski definition) is 2. The van der Waals surface area contributed by atoms with Crippen LogP contribution in [0.3, 0.4) is 0 Å².